The molecule has 1 fully saturated rings. The highest BCUT2D eigenvalue weighted by molar-refractivity contribution is 6.43. The highest BCUT2D eigenvalue weighted by Gasteiger charge is 2.27. The first-order chi connectivity index (χ1) is 17.3. The second kappa shape index (κ2) is 10.1. The van der Waals surface area contributed by atoms with Gasteiger partial charge in [-0.15, -0.1) is 0 Å². The molecule has 0 aliphatic carbocycles. The van der Waals surface area contributed by atoms with Gasteiger partial charge in [0.25, 0.3) is 5.89 Å². The van der Waals surface area contributed by atoms with Crippen molar-refractivity contribution in [3.63, 3.8) is 0 Å². The molecule has 0 radical (unpaired) electrons. The van der Waals surface area contributed by atoms with Crippen molar-refractivity contribution in [2.24, 2.45) is 0 Å². The molecule has 8 nitrogen and oxygen atoms in total. The van der Waals surface area contributed by atoms with Crippen LogP contribution in [0, 0.1) is 5.82 Å². The molecule has 2 aromatic heterocycles. The van der Waals surface area contributed by atoms with Gasteiger partial charge in [-0.25, -0.2) is 4.39 Å². The maximum absolute atomic E-state index is 15.0. The molecule has 0 N–H and O–H groups in total. The summed E-state index contributed by atoms with van der Waals surface area (Å²) in [6.45, 7) is 3.30. The highest BCUT2D eigenvalue weighted by atomic mass is 35.5. The van der Waals surface area contributed by atoms with E-state index in [0.717, 1.165) is 11.3 Å². The number of carbonyl (C=O) groups excluding carboxylic acids is 1. The molecule has 5 rings (SSSR count). The Bertz CT molecular complexity index is 1390. The van der Waals surface area contributed by atoms with E-state index in [0.29, 0.717) is 36.5 Å². The van der Waals surface area contributed by atoms with Crippen molar-refractivity contribution in [1.29, 1.82) is 0 Å². The molecule has 4 aromatic rings. The second-order valence-electron chi connectivity index (χ2n) is 8.17. The first kappa shape index (κ1) is 24.5. The summed E-state index contributed by atoms with van der Waals surface area (Å²) >= 11 is 17.8. The highest BCUT2D eigenvalue weighted by Crippen LogP contribution is 2.35. The summed E-state index contributed by atoms with van der Waals surface area (Å²) in [5.74, 6) is -0.568. The van der Waals surface area contributed by atoms with E-state index >= 15 is 0 Å². The number of aromatic nitrogens is 3. The maximum atomic E-state index is 15.0. The zero-order chi connectivity index (χ0) is 25.4. The van der Waals surface area contributed by atoms with E-state index < -0.39 is 10.7 Å². The van der Waals surface area contributed by atoms with Crippen molar-refractivity contribution in [2.45, 2.75) is 17.3 Å². The van der Waals surface area contributed by atoms with Gasteiger partial charge in [0, 0.05) is 36.8 Å². The lowest BCUT2D eigenvalue weighted by atomic mass is 10.00. The number of alkyl halides is 3. The molecule has 1 saturated heterocycles. The van der Waals surface area contributed by atoms with Gasteiger partial charge in [-0.05, 0) is 29.8 Å². The number of benzene rings is 2. The molecule has 0 saturated carbocycles. The van der Waals surface area contributed by atoms with E-state index in [4.69, 9.17) is 43.8 Å². The molecule has 36 heavy (non-hydrogen) atoms. The van der Waals surface area contributed by atoms with Crippen molar-refractivity contribution >= 4 is 46.4 Å². The van der Waals surface area contributed by atoms with Gasteiger partial charge in [0.1, 0.15) is 23.3 Å². The molecular weight excluding hydrogens is 532 g/mol. The summed E-state index contributed by atoms with van der Waals surface area (Å²) in [4.78, 5) is 18.5. The van der Waals surface area contributed by atoms with Crippen LogP contribution in [0.3, 0.4) is 0 Å². The van der Waals surface area contributed by atoms with Crippen molar-refractivity contribution in [3.8, 4) is 33.8 Å². The third kappa shape index (κ3) is 4.78. The van der Waals surface area contributed by atoms with E-state index in [9.17, 15) is 9.18 Å². The topological polar surface area (TPSA) is 88.5 Å². The molecule has 0 bridgehead atoms. The Labute approximate surface area is 220 Å². The minimum Gasteiger partial charge on any atom is -0.366 e. The predicted octanol–water partition coefficient (Wildman–Crippen LogP) is 5.91. The molecule has 12 heteroatoms. The van der Waals surface area contributed by atoms with Gasteiger partial charge in [-0.3, -0.25) is 4.79 Å². The lowest BCUT2D eigenvalue weighted by Crippen LogP contribution is -2.52. The summed E-state index contributed by atoms with van der Waals surface area (Å²) in [7, 11) is 0. The second-order valence-corrected chi connectivity index (χ2v) is 9.77. The zero-order valence-electron chi connectivity index (χ0n) is 18.9. The molecule has 1 aliphatic rings. The molecule has 1 unspecified atom stereocenters. The zero-order valence-corrected chi connectivity index (χ0v) is 21.1. The van der Waals surface area contributed by atoms with Gasteiger partial charge in [-0.1, -0.05) is 63.3 Å². The van der Waals surface area contributed by atoms with Crippen LogP contribution in [0.2, 0.25) is 0 Å². The van der Waals surface area contributed by atoms with Gasteiger partial charge in [0.05, 0.1) is 12.1 Å². The number of carbonyl (C=O) groups is 1. The Hall–Kier alpha value is -3.14. The Morgan fingerprint density at radius 3 is 2.47 bits per heavy atom. The van der Waals surface area contributed by atoms with Gasteiger partial charge >= 0.3 is 0 Å². The Kier molecular flexibility index (Phi) is 6.87. The number of piperazine rings is 1. The van der Waals surface area contributed by atoms with Crippen LogP contribution in [0.25, 0.3) is 33.8 Å². The van der Waals surface area contributed by atoms with Gasteiger partial charge < -0.3 is 18.8 Å². The summed E-state index contributed by atoms with van der Waals surface area (Å²) in [5, 5.41) is 7.82. The summed E-state index contributed by atoms with van der Waals surface area (Å²) < 4.78 is 25.1. The van der Waals surface area contributed by atoms with Gasteiger partial charge in [0.15, 0.2) is 4.84 Å². The molecule has 186 valence electrons. The molecule has 1 atom stereocenters. The van der Waals surface area contributed by atoms with Crippen molar-refractivity contribution in [1.82, 2.24) is 20.2 Å². The number of hydrogen-bond donors (Lipinski definition) is 0. The van der Waals surface area contributed by atoms with Crippen LogP contribution in [-0.2, 0) is 4.79 Å². The van der Waals surface area contributed by atoms with Crippen molar-refractivity contribution < 1.29 is 18.2 Å². The molecule has 3 heterocycles. The third-order valence-electron chi connectivity index (χ3n) is 5.95. The van der Waals surface area contributed by atoms with Crippen LogP contribution in [0.4, 0.5) is 10.1 Å². The van der Waals surface area contributed by atoms with Crippen LogP contribution in [-0.4, -0.2) is 51.2 Å². The van der Waals surface area contributed by atoms with Crippen molar-refractivity contribution in [3.05, 3.63) is 60.4 Å². The summed E-state index contributed by atoms with van der Waals surface area (Å²) in [6.07, 6.45) is 1.52. The number of rotatable bonds is 5. The molecule has 0 spiro atoms. The minimum absolute atomic E-state index is 0.0126. The monoisotopic (exact) mass is 549 g/mol. The fourth-order valence-electron chi connectivity index (χ4n) is 4.11. The average molecular weight is 551 g/mol. The van der Waals surface area contributed by atoms with Crippen LogP contribution < -0.4 is 4.90 Å². The Morgan fingerprint density at radius 2 is 1.83 bits per heavy atom. The van der Waals surface area contributed by atoms with Crippen LogP contribution in [0.15, 0.2) is 57.8 Å². The fraction of sp³-hybridized carbons (Fsp3) is 0.250. The van der Waals surface area contributed by atoms with Gasteiger partial charge in [0.2, 0.25) is 11.7 Å². The standard InChI is InChI=1S/C24H19Cl3FN5O3/c1-13(34)33-9-8-32(11-20(33)25)16-5-2-14(3-6-16)18-12-35-30-21(18)15-4-7-17(19(28)10-15)23-29-24(22(26)27)36-31-23/h2-7,10,12,20,22H,8-9,11H2,1H3. The van der Waals surface area contributed by atoms with E-state index in [2.05, 4.69) is 20.2 Å². The normalized spacial score (nSPS) is 16.1. The Balaban J connectivity index is 1.36. The average Bonchev–Trinajstić information content (AvgIpc) is 3.54. The lowest BCUT2D eigenvalue weighted by Gasteiger charge is -2.39. The van der Waals surface area contributed by atoms with E-state index in [1.54, 1.807) is 11.0 Å². The molecule has 2 aromatic carbocycles. The van der Waals surface area contributed by atoms with E-state index in [1.807, 2.05) is 24.3 Å². The van der Waals surface area contributed by atoms with E-state index in [-0.39, 0.29) is 28.7 Å². The molecule has 1 amide bonds. The first-order valence-electron chi connectivity index (χ1n) is 10.9. The quantitative estimate of drug-likeness (QED) is 0.225. The third-order valence-corrected chi connectivity index (χ3v) is 6.70. The number of anilines is 1. The lowest BCUT2D eigenvalue weighted by molar-refractivity contribution is -0.129. The Morgan fingerprint density at radius 1 is 1.08 bits per heavy atom. The SMILES string of the molecule is CC(=O)N1CCN(c2ccc(-c3conc3-c3ccc(-c4noc(C(Cl)Cl)n4)c(F)c3)cc2)CC1Cl. The van der Waals surface area contributed by atoms with E-state index in [1.165, 1.54) is 25.3 Å². The number of amides is 1. The number of nitrogens with zero attached hydrogens (tertiary/aromatic N) is 5. The first-order valence-corrected chi connectivity index (χ1v) is 12.3. The smallest absolute Gasteiger partial charge is 0.260 e. The maximum Gasteiger partial charge on any atom is 0.260 e. The number of halogens is 4. The number of hydrogen-bond acceptors (Lipinski definition) is 7. The van der Waals surface area contributed by atoms with Crippen LogP contribution >= 0.6 is 34.8 Å². The van der Waals surface area contributed by atoms with Crippen LogP contribution in [0.5, 0.6) is 0 Å². The predicted molar refractivity (Wildman–Crippen MR) is 134 cm³/mol. The minimum atomic E-state index is -1.00. The summed E-state index contributed by atoms with van der Waals surface area (Å²) in [6, 6.07) is 12.4. The summed E-state index contributed by atoms with van der Waals surface area (Å²) in [5.41, 5.74) is 3.30. The molecule has 1 aliphatic heterocycles. The van der Waals surface area contributed by atoms with Gasteiger partial charge in [-0.2, -0.15) is 4.98 Å². The molecular formula is C24H19Cl3FN5O3. The largest absolute Gasteiger partial charge is 0.366 e. The van der Waals surface area contributed by atoms with Crippen molar-refractivity contribution in [2.75, 3.05) is 24.5 Å². The van der Waals surface area contributed by atoms with Crippen LogP contribution in [0.1, 0.15) is 17.7 Å². The fourth-order valence-corrected chi connectivity index (χ4v) is 4.69.